The second-order valence-corrected chi connectivity index (χ2v) is 12.3. The maximum Gasteiger partial charge on any atom is 0.259 e. The Bertz CT molecular complexity index is 1690. The van der Waals surface area contributed by atoms with Gasteiger partial charge in [-0.05, 0) is 54.8 Å². The van der Waals surface area contributed by atoms with Gasteiger partial charge in [0.25, 0.3) is 5.91 Å². The van der Waals surface area contributed by atoms with Gasteiger partial charge in [-0.25, -0.2) is 9.89 Å². The van der Waals surface area contributed by atoms with Crippen LogP contribution in [0, 0.1) is 0 Å². The quantitative estimate of drug-likeness (QED) is 0.334. The second-order valence-electron chi connectivity index (χ2n) is 11.4. The van der Waals surface area contributed by atoms with Gasteiger partial charge in [0.2, 0.25) is 11.8 Å². The number of rotatable bonds is 11. The van der Waals surface area contributed by atoms with E-state index < -0.39 is 6.04 Å². The van der Waals surface area contributed by atoms with Gasteiger partial charge in [0.05, 0.1) is 25.7 Å². The zero-order chi connectivity index (χ0) is 32.8. The number of aliphatic imine (C=N–C) groups is 2. The molecule has 0 aromatic heterocycles. The van der Waals surface area contributed by atoms with Crippen LogP contribution in [0.3, 0.4) is 0 Å². The van der Waals surface area contributed by atoms with E-state index in [0.717, 1.165) is 29.9 Å². The summed E-state index contributed by atoms with van der Waals surface area (Å²) >= 11 is 1.20. The molecule has 0 bridgehead atoms. The molecule has 1 atom stereocenters. The number of thioether (sulfide) groups is 1. The van der Waals surface area contributed by atoms with E-state index in [0.29, 0.717) is 60.7 Å². The number of hydrogen-bond acceptors (Lipinski definition) is 9. The van der Waals surface area contributed by atoms with Crippen molar-refractivity contribution in [3.63, 3.8) is 0 Å². The Labute approximate surface area is 278 Å². The first kappa shape index (κ1) is 32.1. The lowest BCUT2D eigenvalue weighted by atomic mass is 10.1. The van der Waals surface area contributed by atoms with Gasteiger partial charge in [-0.15, -0.1) is 0 Å². The third-order valence-electron chi connectivity index (χ3n) is 8.45. The molecule has 0 unspecified atom stereocenters. The zero-order valence-electron chi connectivity index (χ0n) is 26.6. The molecule has 1 N–H and O–H groups in total. The average molecular weight is 655 g/mol. The summed E-state index contributed by atoms with van der Waals surface area (Å²) in [5.41, 5.74) is 3.62. The number of benzene rings is 3. The Hall–Kier alpha value is -4.84. The number of methoxy groups -OCH3 is 2. The van der Waals surface area contributed by atoms with E-state index in [4.69, 9.17) is 19.5 Å². The molecule has 1 saturated heterocycles. The Morgan fingerprint density at radius 2 is 1.68 bits per heavy atom. The van der Waals surface area contributed by atoms with E-state index in [-0.39, 0.29) is 29.9 Å². The molecule has 3 aromatic carbocycles. The molecule has 3 heterocycles. The third-order valence-corrected chi connectivity index (χ3v) is 9.39. The lowest BCUT2D eigenvalue weighted by molar-refractivity contribution is -0.132. The van der Waals surface area contributed by atoms with Gasteiger partial charge in [0.1, 0.15) is 11.9 Å². The minimum Gasteiger partial charge on any atom is -0.493 e. The minimum atomic E-state index is -0.688. The van der Waals surface area contributed by atoms with Crippen molar-refractivity contribution in [2.24, 2.45) is 9.98 Å². The van der Waals surface area contributed by atoms with Gasteiger partial charge < -0.3 is 24.6 Å². The van der Waals surface area contributed by atoms with Crippen molar-refractivity contribution in [1.82, 2.24) is 15.1 Å². The first-order valence-corrected chi connectivity index (χ1v) is 16.7. The molecular formula is C35H38N6O5S. The SMILES string of the molecule is COc1ccc(CCNC(=O)CSC2=Nc3ccccc3C3=N[C@@H](CCC(=O)N4CCN(c5ccccc5)CC4)C(=O)N23)cc1OC. The number of amidine groups is 2. The molecule has 3 aromatic rings. The molecule has 0 radical (unpaired) electrons. The molecule has 3 aliphatic rings. The zero-order valence-corrected chi connectivity index (χ0v) is 27.4. The minimum absolute atomic E-state index is 0.0315. The normalized spacial score (nSPS) is 17.0. The number of amides is 3. The molecule has 0 spiro atoms. The fourth-order valence-electron chi connectivity index (χ4n) is 5.92. The Kier molecular flexibility index (Phi) is 10.1. The fourth-order valence-corrected chi connectivity index (χ4v) is 6.75. The van der Waals surface area contributed by atoms with Crippen LogP contribution in [0.15, 0.2) is 82.8 Å². The van der Waals surface area contributed by atoms with E-state index in [2.05, 4.69) is 22.3 Å². The molecule has 244 valence electrons. The fraction of sp³-hybridized carbons (Fsp3) is 0.343. The predicted molar refractivity (Wildman–Crippen MR) is 184 cm³/mol. The maximum atomic E-state index is 13.7. The van der Waals surface area contributed by atoms with Crippen LogP contribution in [0.5, 0.6) is 11.5 Å². The lowest BCUT2D eigenvalue weighted by Gasteiger charge is -2.36. The summed E-state index contributed by atoms with van der Waals surface area (Å²) in [6.45, 7) is 3.27. The summed E-state index contributed by atoms with van der Waals surface area (Å²) in [6, 6.07) is 22.7. The number of ether oxygens (including phenoxy) is 2. The summed E-state index contributed by atoms with van der Waals surface area (Å²) in [5, 5.41) is 3.36. The van der Waals surface area contributed by atoms with Gasteiger partial charge in [0, 0.05) is 50.4 Å². The van der Waals surface area contributed by atoms with Gasteiger partial charge >= 0.3 is 0 Å². The van der Waals surface area contributed by atoms with E-state index in [1.165, 1.54) is 16.7 Å². The van der Waals surface area contributed by atoms with E-state index in [1.807, 2.05) is 65.6 Å². The molecule has 11 nitrogen and oxygen atoms in total. The summed E-state index contributed by atoms with van der Waals surface area (Å²) in [7, 11) is 3.18. The summed E-state index contributed by atoms with van der Waals surface area (Å²) < 4.78 is 10.7. The standard InChI is InChI=1S/C35H38N6O5S/c1-45-29-14-12-24(22-30(29)46-2)16-17-36-31(42)23-47-35-38-27-11-7-6-10-26(27)33-37-28(34(44)41(33)35)13-15-32(43)40-20-18-39(19-21-40)25-8-4-3-5-9-25/h3-12,14,22,28H,13,15-21,23H2,1-2H3,(H,36,42)/t28-/m0/s1. The topological polar surface area (TPSA) is 116 Å². The highest BCUT2D eigenvalue weighted by atomic mass is 32.2. The van der Waals surface area contributed by atoms with Gasteiger partial charge in [-0.2, -0.15) is 0 Å². The highest BCUT2D eigenvalue weighted by molar-refractivity contribution is 8.14. The Morgan fingerprint density at radius 1 is 0.936 bits per heavy atom. The van der Waals surface area contributed by atoms with Gasteiger partial charge in [-0.3, -0.25) is 19.4 Å². The summed E-state index contributed by atoms with van der Waals surface area (Å²) in [4.78, 5) is 54.8. The molecule has 0 saturated carbocycles. The number of para-hydroxylation sites is 2. The first-order chi connectivity index (χ1) is 22.9. The van der Waals surface area contributed by atoms with Crippen LogP contribution < -0.4 is 19.7 Å². The third kappa shape index (κ3) is 7.27. The number of carbonyl (C=O) groups excluding carboxylic acids is 3. The summed E-state index contributed by atoms with van der Waals surface area (Å²) in [5.74, 6) is 1.53. The second kappa shape index (κ2) is 14.7. The van der Waals surface area contributed by atoms with Crippen molar-refractivity contribution < 1.29 is 23.9 Å². The van der Waals surface area contributed by atoms with Gasteiger partial charge in [0.15, 0.2) is 16.7 Å². The molecule has 12 heteroatoms. The van der Waals surface area contributed by atoms with Crippen LogP contribution in [-0.2, 0) is 20.8 Å². The largest absolute Gasteiger partial charge is 0.493 e. The molecule has 0 aliphatic carbocycles. The highest BCUT2D eigenvalue weighted by Crippen LogP contribution is 2.34. The van der Waals surface area contributed by atoms with Gasteiger partial charge in [-0.1, -0.05) is 48.2 Å². The van der Waals surface area contributed by atoms with Crippen LogP contribution in [0.2, 0.25) is 0 Å². The molecule has 47 heavy (non-hydrogen) atoms. The van der Waals surface area contributed by atoms with Crippen molar-refractivity contribution >= 4 is 51.9 Å². The number of fused-ring (bicyclic) bond motifs is 3. The molecule has 3 amide bonds. The Balaban J connectivity index is 1.03. The van der Waals surface area contributed by atoms with E-state index >= 15 is 0 Å². The number of nitrogens with zero attached hydrogens (tertiary/aromatic N) is 5. The van der Waals surface area contributed by atoms with Crippen molar-refractivity contribution in [2.75, 3.05) is 57.6 Å². The number of anilines is 1. The van der Waals surface area contributed by atoms with E-state index in [9.17, 15) is 14.4 Å². The number of hydrogen-bond donors (Lipinski definition) is 1. The first-order valence-electron chi connectivity index (χ1n) is 15.7. The smallest absolute Gasteiger partial charge is 0.259 e. The molecule has 3 aliphatic heterocycles. The van der Waals surface area contributed by atoms with Crippen molar-refractivity contribution in [3.8, 4) is 11.5 Å². The monoisotopic (exact) mass is 654 g/mol. The lowest BCUT2D eigenvalue weighted by Crippen LogP contribution is -2.49. The number of carbonyl (C=O) groups is 3. The average Bonchev–Trinajstić information content (AvgIpc) is 3.46. The molecular weight excluding hydrogens is 616 g/mol. The van der Waals surface area contributed by atoms with Crippen LogP contribution >= 0.6 is 11.8 Å². The van der Waals surface area contributed by atoms with Crippen molar-refractivity contribution in [1.29, 1.82) is 0 Å². The van der Waals surface area contributed by atoms with Crippen molar-refractivity contribution in [3.05, 3.63) is 83.9 Å². The van der Waals surface area contributed by atoms with Crippen LogP contribution in [0.1, 0.15) is 24.0 Å². The van der Waals surface area contributed by atoms with Crippen molar-refractivity contribution in [2.45, 2.75) is 25.3 Å². The van der Waals surface area contributed by atoms with E-state index in [1.54, 1.807) is 14.2 Å². The molecule has 6 rings (SSSR count). The van der Waals surface area contributed by atoms with Crippen LogP contribution in [0.25, 0.3) is 0 Å². The van der Waals surface area contributed by atoms with Crippen LogP contribution in [-0.4, -0.2) is 97.3 Å². The maximum absolute atomic E-state index is 13.7. The molecule has 1 fully saturated rings. The number of piperazine rings is 1. The predicted octanol–water partition coefficient (Wildman–Crippen LogP) is 3.88. The Morgan fingerprint density at radius 3 is 2.45 bits per heavy atom. The number of nitrogens with one attached hydrogen (secondary N) is 1. The van der Waals surface area contributed by atoms with Crippen LogP contribution in [0.4, 0.5) is 11.4 Å². The highest BCUT2D eigenvalue weighted by Gasteiger charge is 2.41. The summed E-state index contributed by atoms with van der Waals surface area (Å²) in [6.07, 6.45) is 1.17.